The molecule has 3 heterocycles. The van der Waals surface area contributed by atoms with Gasteiger partial charge in [0.1, 0.15) is 17.4 Å². The molecule has 166 valence electrons. The Hall–Kier alpha value is -2.72. The number of carbonyl (C=O) groups is 1. The molecule has 0 unspecified atom stereocenters. The summed E-state index contributed by atoms with van der Waals surface area (Å²) in [6.07, 6.45) is 0.887. The number of aromatic carboxylic acids is 1. The quantitative estimate of drug-likeness (QED) is 0.753. The van der Waals surface area contributed by atoms with Crippen LogP contribution in [0.4, 0.5) is 14.5 Å². The van der Waals surface area contributed by atoms with Crippen molar-refractivity contribution >= 4 is 22.6 Å². The summed E-state index contributed by atoms with van der Waals surface area (Å²) in [6, 6.07) is 0.388. The molecule has 5 rings (SSSR count). The van der Waals surface area contributed by atoms with Gasteiger partial charge in [-0.15, -0.1) is 0 Å². The number of hydrogen-bond donors (Lipinski definition) is 2. The van der Waals surface area contributed by atoms with Crippen LogP contribution in [-0.4, -0.2) is 60.8 Å². The summed E-state index contributed by atoms with van der Waals surface area (Å²) in [6.45, 7) is 1.78. The van der Waals surface area contributed by atoms with Gasteiger partial charge in [0.25, 0.3) is 0 Å². The highest BCUT2D eigenvalue weighted by atomic mass is 19.1. The molecule has 2 aromatic rings. The van der Waals surface area contributed by atoms with Crippen LogP contribution in [0.15, 0.2) is 17.1 Å². The number of carboxylic acids is 1. The molecule has 1 aliphatic carbocycles. The summed E-state index contributed by atoms with van der Waals surface area (Å²) >= 11 is 0. The molecular weight excluding hydrogens is 412 g/mol. The maximum absolute atomic E-state index is 15.4. The van der Waals surface area contributed by atoms with Gasteiger partial charge in [0.05, 0.1) is 36.2 Å². The molecule has 1 saturated carbocycles. The number of methoxy groups -OCH3 is 1. The van der Waals surface area contributed by atoms with Gasteiger partial charge < -0.3 is 29.8 Å². The second-order valence-electron chi connectivity index (χ2n) is 8.69. The lowest BCUT2D eigenvalue weighted by Gasteiger charge is -2.34. The molecule has 4 atom stereocenters. The zero-order chi connectivity index (χ0) is 22.1. The van der Waals surface area contributed by atoms with Crippen molar-refractivity contribution in [1.82, 2.24) is 4.57 Å². The second kappa shape index (κ2) is 6.89. The van der Waals surface area contributed by atoms with E-state index in [4.69, 9.17) is 15.2 Å². The van der Waals surface area contributed by atoms with Crippen LogP contribution >= 0.6 is 0 Å². The number of aromatic nitrogens is 1. The van der Waals surface area contributed by atoms with E-state index in [1.54, 1.807) is 4.90 Å². The number of nitrogens with zero attached hydrogens (tertiary/aromatic N) is 2. The molecule has 1 aromatic carbocycles. The highest BCUT2D eigenvalue weighted by Crippen LogP contribution is 2.47. The van der Waals surface area contributed by atoms with E-state index in [0.29, 0.717) is 26.3 Å². The molecule has 0 spiro atoms. The van der Waals surface area contributed by atoms with E-state index in [-0.39, 0.29) is 34.7 Å². The number of alkyl halides is 1. The van der Waals surface area contributed by atoms with Gasteiger partial charge in [0.2, 0.25) is 5.43 Å². The fraction of sp³-hybridized carbons (Fsp3) is 0.524. The Morgan fingerprint density at radius 3 is 2.81 bits per heavy atom. The summed E-state index contributed by atoms with van der Waals surface area (Å²) in [5.41, 5.74) is 4.86. The standard InChI is InChI=1S/C21H23F2N3O5/c1-30-19-16-11(18(27)12(20(28)29)7-26(16)15-5-13(15)22)4-14(23)17(19)25-6-10-2-3-31-9-21(10,24)8-25/h4,7,10,13,15H,2-3,5-6,8-9,24H2,1H3,(H,28,29)/t10-,13-,15+,21-/m0/s1. The first kappa shape index (κ1) is 20.2. The van der Waals surface area contributed by atoms with Crippen LogP contribution in [0.25, 0.3) is 10.9 Å². The minimum Gasteiger partial charge on any atom is -0.492 e. The largest absolute Gasteiger partial charge is 0.492 e. The van der Waals surface area contributed by atoms with Gasteiger partial charge in [0, 0.05) is 38.2 Å². The molecule has 1 aromatic heterocycles. The first-order valence-electron chi connectivity index (χ1n) is 10.2. The minimum atomic E-state index is -1.45. The molecule has 2 aliphatic heterocycles. The number of hydrogen-bond acceptors (Lipinski definition) is 6. The average Bonchev–Trinajstić information content (AvgIpc) is 3.33. The summed E-state index contributed by atoms with van der Waals surface area (Å²) in [5.74, 6) is -1.98. The number of nitrogens with two attached hydrogens (primary N) is 1. The molecular formula is C21H23F2N3O5. The Morgan fingerprint density at radius 2 is 2.19 bits per heavy atom. The van der Waals surface area contributed by atoms with Crippen molar-refractivity contribution < 1.29 is 28.2 Å². The van der Waals surface area contributed by atoms with Gasteiger partial charge in [-0.05, 0) is 12.5 Å². The zero-order valence-electron chi connectivity index (χ0n) is 16.9. The third kappa shape index (κ3) is 3.00. The maximum Gasteiger partial charge on any atom is 0.341 e. The van der Waals surface area contributed by atoms with E-state index in [9.17, 15) is 19.1 Å². The van der Waals surface area contributed by atoms with Crippen LogP contribution in [0.3, 0.4) is 0 Å². The Labute approximate surface area is 176 Å². The number of anilines is 1. The van der Waals surface area contributed by atoms with E-state index >= 15 is 4.39 Å². The molecule has 3 fully saturated rings. The van der Waals surface area contributed by atoms with E-state index in [1.165, 1.54) is 11.7 Å². The molecule has 0 bridgehead atoms. The fourth-order valence-electron chi connectivity index (χ4n) is 4.98. The van der Waals surface area contributed by atoms with Crippen molar-refractivity contribution in [3.8, 4) is 5.75 Å². The van der Waals surface area contributed by atoms with Gasteiger partial charge in [-0.25, -0.2) is 13.6 Å². The average molecular weight is 435 g/mol. The van der Waals surface area contributed by atoms with E-state index in [1.807, 2.05) is 0 Å². The van der Waals surface area contributed by atoms with Crippen molar-refractivity contribution in [2.75, 3.05) is 38.3 Å². The van der Waals surface area contributed by atoms with Crippen molar-refractivity contribution in [2.45, 2.75) is 30.6 Å². The first-order chi connectivity index (χ1) is 14.7. The molecule has 31 heavy (non-hydrogen) atoms. The third-order valence-electron chi connectivity index (χ3n) is 6.71. The van der Waals surface area contributed by atoms with Crippen LogP contribution in [0.2, 0.25) is 0 Å². The number of carboxylic acid groups (broad SMARTS) is 1. The molecule has 3 aliphatic rings. The Morgan fingerprint density at radius 1 is 1.45 bits per heavy atom. The smallest absolute Gasteiger partial charge is 0.341 e. The Bertz CT molecular complexity index is 1150. The van der Waals surface area contributed by atoms with Crippen LogP contribution in [0.5, 0.6) is 5.75 Å². The highest BCUT2D eigenvalue weighted by molar-refractivity contribution is 5.97. The lowest BCUT2D eigenvalue weighted by Crippen LogP contribution is -2.54. The summed E-state index contributed by atoms with van der Waals surface area (Å²) in [7, 11) is 1.35. The Kier molecular flexibility index (Phi) is 4.49. The van der Waals surface area contributed by atoms with E-state index in [2.05, 4.69) is 0 Å². The van der Waals surface area contributed by atoms with Gasteiger partial charge >= 0.3 is 5.97 Å². The highest BCUT2D eigenvalue weighted by Gasteiger charge is 2.47. The van der Waals surface area contributed by atoms with Crippen LogP contribution < -0.4 is 20.8 Å². The molecule has 10 heteroatoms. The lowest BCUT2D eigenvalue weighted by atomic mass is 9.85. The zero-order valence-corrected chi connectivity index (χ0v) is 16.9. The van der Waals surface area contributed by atoms with Crippen LogP contribution in [-0.2, 0) is 4.74 Å². The predicted octanol–water partition coefficient (Wildman–Crippen LogP) is 1.68. The number of halogens is 2. The van der Waals surface area contributed by atoms with Crippen molar-refractivity contribution in [3.63, 3.8) is 0 Å². The van der Waals surface area contributed by atoms with Crippen LogP contribution in [0.1, 0.15) is 29.2 Å². The number of ether oxygens (including phenoxy) is 2. The van der Waals surface area contributed by atoms with Crippen LogP contribution in [0, 0.1) is 11.7 Å². The monoisotopic (exact) mass is 435 g/mol. The molecule has 0 radical (unpaired) electrons. The SMILES string of the molecule is COc1c(N2C[C@@H]3CCOC[C@@]3(N)C2)c(F)cc2c(=O)c(C(=O)O)cn([C@@H]3C[C@@H]3F)c12. The summed E-state index contributed by atoms with van der Waals surface area (Å²) in [5, 5.41) is 9.27. The van der Waals surface area contributed by atoms with Crippen molar-refractivity contribution in [1.29, 1.82) is 0 Å². The first-order valence-corrected chi connectivity index (χ1v) is 10.2. The summed E-state index contributed by atoms with van der Waals surface area (Å²) in [4.78, 5) is 26.2. The normalized spacial score (nSPS) is 29.8. The van der Waals surface area contributed by atoms with E-state index < -0.39 is 40.5 Å². The topological polar surface area (TPSA) is 107 Å². The predicted molar refractivity (Wildman–Crippen MR) is 108 cm³/mol. The molecule has 8 nitrogen and oxygen atoms in total. The molecule has 0 amide bonds. The Balaban J connectivity index is 1.74. The lowest BCUT2D eigenvalue weighted by molar-refractivity contribution is 0.0203. The molecule has 3 N–H and O–H groups in total. The number of fused-ring (bicyclic) bond motifs is 2. The minimum absolute atomic E-state index is 0.0753. The fourth-order valence-corrected chi connectivity index (χ4v) is 4.98. The van der Waals surface area contributed by atoms with E-state index in [0.717, 1.165) is 18.7 Å². The van der Waals surface area contributed by atoms with Gasteiger partial charge in [-0.3, -0.25) is 4.79 Å². The van der Waals surface area contributed by atoms with Gasteiger partial charge in [-0.2, -0.15) is 0 Å². The summed E-state index contributed by atoms with van der Waals surface area (Å²) < 4.78 is 41.9. The van der Waals surface area contributed by atoms with Crippen molar-refractivity contribution in [3.05, 3.63) is 33.9 Å². The number of pyridine rings is 1. The third-order valence-corrected chi connectivity index (χ3v) is 6.71. The van der Waals surface area contributed by atoms with Gasteiger partial charge in [0.15, 0.2) is 11.6 Å². The second-order valence-corrected chi connectivity index (χ2v) is 8.69. The number of rotatable bonds is 4. The van der Waals surface area contributed by atoms with Gasteiger partial charge in [-0.1, -0.05) is 0 Å². The maximum atomic E-state index is 15.4. The number of benzene rings is 1. The molecule has 2 saturated heterocycles. The van der Waals surface area contributed by atoms with Crippen molar-refractivity contribution in [2.24, 2.45) is 11.7 Å².